The van der Waals surface area contributed by atoms with Crippen LogP contribution in [0.25, 0.3) is 5.57 Å². The molecule has 1 aliphatic rings. The Morgan fingerprint density at radius 1 is 1.26 bits per heavy atom. The van der Waals surface area contributed by atoms with Crippen molar-refractivity contribution in [1.82, 2.24) is 0 Å². The second-order valence-electron chi connectivity index (χ2n) is 5.03. The summed E-state index contributed by atoms with van der Waals surface area (Å²) in [6, 6.07) is 5.90. The van der Waals surface area contributed by atoms with Gasteiger partial charge >= 0.3 is 12.1 Å². The number of ether oxygens (including phenoxy) is 1. The molecule has 7 heteroatoms. The molecule has 124 valence electrons. The van der Waals surface area contributed by atoms with E-state index in [4.69, 9.17) is 9.57 Å². The number of alkyl halides is 3. The topological polar surface area (TPSA) is 47.9 Å². The summed E-state index contributed by atoms with van der Waals surface area (Å²) in [4.78, 5) is 16.5. The van der Waals surface area contributed by atoms with Gasteiger partial charge in [0.25, 0.3) is 0 Å². The van der Waals surface area contributed by atoms with Gasteiger partial charge in [-0.25, -0.2) is 0 Å². The lowest BCUT2D eigenvalue weighted by Crippen LogP contribution is -2.36. The molecule has 0 aliphatic heterocycles. The summed E-state index contributed by atoms with van der Waals surface area (Å²) in [6.45, 7) is 4.53. The second-order valence-corrected chi connectivity index (χ2v) is 5.03. The van der Waals surface area contributed by atoms with Crippen LogP contribution in [0.4, 0.5) is 13.2 Å². The van der Waals surface area contributed by atoms with E-state index in [1.165, 1.54) is 25.1 Å². The Kier molecular flexibility index (Phi) is 4.49. The number of fused-ring (bicyclic) bond motifs is 1. The van der Waals surface area contributed by atoms with Crippen molar-refractivity contribution in [2.24, 2.45) is 5.16 Å². The minimum atomic E-state index is -4.58. The van der Waals surface area contributed by atoms with Crippen molar-refractivity contribution in [3.05, 3.63) is 41.5 Å². The number of halogens is 3. The van der Waals surface area contributed by atoms with E-state index in [9.17, 15) is 18.0 Å². The number of nitrogens with zero attached hydrogens (tertiary/aromatic N) is 1. The predicted molar refractivity (Wildman–Crippen MR) is 78.7 cm³/mol. The third-order valence-electron chi connectivity index (χ3n) is 3.44. The third kappa shape index (κ3) is 3.09. The minimum Gasteiger partial charge on any atom is -0.444 e. The molecular formula is C16H16F3NO3. The first kappa shape index (κ1) is 17.1. The van der Waals surface area contributed by atoms with Crippen LogP contribution in [0.3, 0.4) is 0 Å². The fourth-order valence-corrected chi connectivity index (χ4v) is 2.55. The van der Waals surface area contributed by atoms with E-state index in [-0.39, 0.29) is 23.4 Å². The molecule has 1 aromatic rings. The number of benzene rings is 1. The highest BCUT2D eigenvalue weighted by Crippen LogP contribution is 2.48. The van der Waals surface area contributed by atoms with Gasteiger partial charge in [-0.2, -0.15) is 13.2 Å². The average Bonchev–Trinajstić information content (AvgIpc) is 2.80. The molecule has 4 nitrogen and oxygen atoms in total. The molecule has 0 aromatic heterocycles. The maximum Gasteiger partial charge on any atom is 0.416 e. The van der Waals surface area contributed by atoms with E-state index in [1.807, 2.05) is 0 Å². The van der Waals surface area contributed by atoms with Crippen LogP contribution in [-0.2, 0) is 20.0 Å². The van der Waals surface area contributed by atoms with Crippen LogP contribution in [0.15, 0.2) is 35.5 Å². The Hall–Kier alpha value is -2.31. The normalized spacial score (nSPS) is 20.8. The van der Waals surface area contributed by atoms with Gasteiger partial charge in [-0.3, -0.25) is 4.79 Å². The number of rotatable bonds is 4. The first-order valence-corrected chi connectivity index (χ1v) is 6.99. The van der Waals surface area contributed by atoms with Crippen LogP contribution in [0.5, 0.6) is 0 Å². The summed E-state index contributed by atoms with van der Waals surface area (Å²) in [5.41, 5.74) is -2.29. The van der Waals surface area contributed by atoms with Gasteiger partial charge < -0.3 is 9.57 Å². The van der Waals surface area contributed by atoms with Gasteiger partial charge in [-0.15, -0.1) is 0 Å². The number of hydrogen-bond acceptors (Lipinski definition) is 4. The van der Waals surface area contributed by atoms with Crippen molar-refractivity contribution < 1.29 is 27.5 Å². The van der Waals surface area contributed by atoms with E-state index >= 15 is 0 Å². The third-order valence-corrected chi connectivity index (χ3v) is 3.44. The molecule has 1 aliphatic carbocycles. The van der Waals surface area contributed by atoms with E-state index < -0.39 is 23.3 Å². The number of oxime groups is 1. The lowest BCUT2D eigenvalue weighted by atomic mass is 9.91. The van der Waals surface area contributed by atoms with Gasteiger partial charge in [0.1, 0.15) is 12.3 Å². The molecule has 0 fully saturated rings. The molecule has 2 rings (SSSR count). The number of hydrogen-bond donors (Lipinski definition) is 0. The van der Waals surface area contributed by atoms with Crippen LogP contribution >= 0.6 is 0 Å². The summed E-state index contributed by atoms with van der Waals surface area (Å²) in [6.07, 6.45) is -3.69. The Labute approximate surface area is 131 Å². The number of carbonyl (C=O) groups excluding carboxylic acids is 1. The highest BCUT2D eigenvalue weighted by atomic mass is 19.4. The van der Waals surface area contributed by atoms with Crippen LogP contribution in [-0.4, -0.2) is 24.5 Å². The van der Waals surface area contributed by atoms with Crippen LogP contribution in [0.1, 0.15) is 31.9 Å². The smallest absolute Gasteiger partial charge is 0.416 e. The maximum absolute atomic E-state index is 13.4. The highest BCUT2D eigenvalue weighted by Gasteiger charge is 2.50. The van der Waals surface area contributed by atoms with Crippen molar-refractivity contribution in [2.45, 2.75) is 32.5 Å². The zero-order valence-corrected chi connectivity index (χ0v) is 12.9. The quantitative estimate of drug-likeness (QED) is 0.480. The lowest BCUT2D eigenvalue weighted by molar-refractivity contribution is -0.148. The molecule has 0 spiro atoms. The molecule has 23 heavy (non-hydrogen) atoms. The first-order valence-electron chi connectivity index (χ1n) is 6.99. The minimum absolute atomic E-state index is 0.0349. The van der Waals surface area contributed by atoms with Crippen molar-refractivity contribution in [3.63, 3.8) is 0 Å². The van der Waals surface area contributed by atoms with E-state index in [0.29, 0.717) is 0 Å². The fourth-order valence-electron chi connectivity index (χ4n) is 2.55. The van der Waals surface area contributed by atoms with E-state index in [1.54, 1.807) is 13.0 Å². The number of carbonyl (C=O) groups is 1. The zero-order chi connectivity index (χ0) is 17.3. The van der Waals surface area contributed by atoms with Crippen molar-refractivity contribution >= 4 is 17.3 Å². The van der Waals surface area contributed by atoms with E-state index in [0.717, 1.165) is 13.0 Å². The second kappa shape index (κ2) is 6.06. The number of allylic oxidation sites excluding steroid dienone is 1. The Bertz CT molecular complexity index is 679. The Morgan fingerprint density at radius 2 is 1.91 bits per heavy atom. The molecule has 0 heterocycles. The molecule has 1 atom stereocenters. The summed E-state index contributed by atoms with van der Waals surface area (Å²) < 4.78 is 45.4. The van der Waals surface area contributed by atoms with Gasteiger partial charge in [-0.1, -0.05) is 29.4 Å². The van der Waals surface area contributed by atoms with Crippen LogP contribution in [0.2, 0.25) is 0 Å². The standard InChI is InChI=1S/C16H16F3NO3/c1-4-22-20-10(2)15(23-11(3)21)9-14(16(17,18)19)12-7-5-6-8-13(12)15/h5-9H,4H2,1-3H3/b20-10+. The van der Waals surface area contributed by atoms with Gasteiger partial charge in [0, 0.05) is 12.5 Å². The largest absolute Gasteiger partial charge is 0.444 e. The molecule has 0 N–H and O–H groups in total. The fraction of sp³-hybridized carbons (Fsp3) is 0.375. The van der Waals surface area contributed by atoms with Gasteiger partial charge in [0.05, 0.1) is 5.57 Å². The summed E-state index contributed by atoms with van der Waals surface area (Å²) in [7, 11) is 0. The van der Waals surface area contributed by atoms with Crippen molar-refractivity contribution in [1.29, 1.82) is 0 Å². The molecule has 1 aromatic carbocycles. The maximum atomic E-state index is 13.4. The lowest BCUT2D eigenvalue weighted by Gasteiger charge is -2.28. The van der Waals surface area contributed by atoms with Gasteiger partial charge in [-0.05, 0) is 25.5 Å². The molecular weight excluding hydrogens is 311 g/mol. The SMILES string of the molecule is CCO/N=C(\C)C1(OC(C)=O)C=C(C(F)(F)F)c2ccccc21. The van der Waals surface area contributed by atoms with Crippen molar-refractivity contribution in [2.75, 3.05) is 6.61 Å². The molecule has 0 bridgehead atoms. The van der Waals surface area contributed by atoms with Crippen LogP contribution < -0.4 is 0 Å². The molecule has 0 saturated heterocycles. The zero-order valence-electron chi connectivity index (χ0n) is 12.9. The first-order chi connectivity index (χ1) is 10.7. The van der Waals surface area contributed by atoms with Crippen molar-refractivity contribution in [3.8, 4) is 0 Å². The van der Waals surface area contributed by atoms with E-state index in [2.05, 4.69) is 5.16 Å². The Balaban J connectivity index is 2.71. The summed E-state index contributed by atoms with van der Waals surface area (Å²) in [5.74, 6) is -0.717. The molecule has 0 amide bonds. The summed E-state index contributed by atoms with van der Waals surface area (Å²) >= 11 is 0. The average molecular weight is 327 g/mol. The molecule has 0 radical (unpaired) electrons. The highest BCUT2D eigenvalue weighted by molar-refractivity contribution is 6.01. The monoisotopic (exact) mass is 327 g/mol. The van der Waals surface area contributed by atoms with Crippen LogP contribution in [0, 0.1) is 0 Å². The van der Waals surface area contributed by atoms with Gasteiger partial charge in [0.15, 0.2) is 5.60 Å². The predicted octanol–water partition coefficient (Wildman–Crippen LogP) is 3.82. The van der Waals surface area contributed by atoms with Gasteiger partial charge in [0.2, 0.25) is 0 Å². The number of esters is 1. The summed E-state index contributed by atoms with van der Waals surface area (Å²) in [5, 5.41) is 3.79. The molecule has 1 unspecified atom stereocenters. The molecule has 0 saturated carbocycles. The Morgan fingerprint density at radius 3 is 2.48 bits per heavy atom.